The summed E-state index contributed by atoms with van der Waals surface area (Å²) >= 11 is 0. The summed E-state index contributed by atoms with van der Waals surface area (Å²) in [6.07, 6.45) is 7.98. The molecule has 8 nitrogen and oxygen atoms in total. The molecule has 1 aromatic heterocycles. The molecule has 0 unspecified atom stereocenters. The molecule has 1 atom stereocenters. The second kappa shape index (κ2) is 10.5. The second-order valence-electron chi connectivity index (χ2n) is 10.4. The van der Waals surface area contributed by atoms with Gasteiger partial charge < -0.3 is 29.2 Å². The van der Waals surface area contributed by atoms with Gasteiger partial charge in [0.05, 0.1) is 26.3 Å². The predicted molar refractivity (Wildman–Crippen MR) is 137 cm³/mol. The Bertz CT molecular complexity index is 1070. The molecule has 0 radical (unpaired) electrons. The first kappa shape index (κ1) is 25.4. The van der Waals surface area contributed by atoms with E-state index in [0.29, 0.717) is 36.8 Å². The molecule has 1 aromatic carbocycles. The molecule has 1 N–H and O–H groups in total. The van der Waals surface area contributed by atoms with Gasteiger partial charge in [-0.05, 0) is 52.1 Å². The van der Waals surface area contributed by atoms with E-state index in [1.807, 2.05) is 48.7 Å². The minimum absolute atomic E-state index is 0.0791. The number of hydrogen-bond acceptors (Lipinski definition) is 5. The van der Waals surface area contributed by atoms with Gasteiger partial charge in [-0.3, -0.25) is 9.59 Å². The molecule has 2 aromatic rings. The normalized spacial score (nSPS) is 21.5. The van der Waals surface area contributed by atoms with Gasteiger partial charge in [0.1, 0.15) is 22.7 Å². The highest BCUT2D eigenvalue weighted by atomic mass is 16.5. The summed E-state index contributed by atoms with van der Waals surface area (Å²) in [6, 6.07) is 5.72. The van der Waals surface area contributed by atoms with Crippen molar-refractivity contribution in [2.45, 2.75) is 70.0 Å². The number of aromatic nitrogens is 1. The first-order valence-electron chi connectivity index (χ1n) is 12.8. The first-order valence-corrected chi connectivity index (χ1v) is 12.8. The fourth-order valence-electron chi connectivity index (χ4n) is 5.55. The van der Waals surface area contributed by atoms with E-state index in [9.17, 15) is 9.59 Å². The Balaban J connectivity index is 1.75. The van der Waals surface area contributed by atoms with Crippen molar-refractivity contribution in [2.24, 2.45) is 0 Å². The fraction of sp³-hybridized carbons (Fsp3) is 0.630. The van der Waals surface area contributed by atoms with E-state index in [0.717, 1.165) is 36.6 Å². The maximum Gasteiger partial charge on any atom is 0.271 e. The number of benzene rings is 1. The van der Waals surface area contributed by atoms with Gasteiger partial charge in [-0.2, -0.15) is 0 Å². The summed E-state index contributed by atoms with van der Waals surface area (Å²) in [5.74, 6) is 1.11. The van der Waals surface area contributed by atoms with Crippen LogP contribution >= 0.6 is 0 Å². The topological polar surface area (TPSA) is 76.0 Å². The number of fused-ring (bicyclic) bond motifs is 3. The maximum absolute atomic E-state index is 13.9. The van der Waals surface area contributed by atoms with E-state index in [2.05, 4.69) is 5.32 Å². The smallest absolute Gasteiger partial charge is 0.271 e. The zero-order valence-electron chi connectivity index (χ0n) is 21.9. The van der Waals surface area contributed by atoms with E-state index in [4.69, 9.17) is 9.47 Å². The highest BCUT2D eigenvalue weighted by Gasteiger charge is 2.48. The highest BCUT2D eigenvalue weighted by molar-refractivity contribution is 6.06. The Hall–Kier alpha value is -2.74. The number of methoxy groups -OCH3 is 2. The molecule has 2 heterocycles. The summed E-state index contributed by atoms with van der Waals surface area (Å²) in [7, 11) is 7.20. The Kier molecular flexibility index (Phi) is 7.59. The van der Waals surface area contributed by atoms with Crippen LogP contribution in [0, 0.1) is 0 Å². The van der Waals surface area contributed by atoms with Crippen molar-refractivity contribution >= 4 is 22.7 Å². The number of carbonyl (C=O) groups is 2. The van der Waals surface area contributed by atoms with Crippen molar-refractivity contribution in [3.8, 4) is 11.5 Å². The predicted octanol–water partition coefficient (Wildman–Crippen LogP) is 3.66. The van der Waals surface area contributed by atoms with E-state index < -0.39 is 5.54 Å². The van der Waals surface area contributed by atoms with Gasteiger partial charge >= 0.3 is 0 Å². The lowest BCUT2D eigenvalue weighted by Crippen LogP contribution is -2.65. The molecule has 1 saturated carbocycles. The Morgan fingerprint density at radius 2 is 1.71 bits per heavy atom. The molecular formula is C27H40N4O4. The lowest BCUT2D eigenvalue weighted by molar-refractivity contribution is -0.133. The maximum atomic E-state index is 13.9. The molecule has 8 heteroatoms. The van der Waals surface area contributed by atoms with Crippen LogP contribution in [0.3, 0.4) is 0 Å². The molecule has 192 valence electrons. The molecule has 1 fully saturated rings. The van der Waals surface area contributed by atoms with Gasteiger partial charge in [-0.25, -0.2) is 0 Å². The number of amides is 2. The van der Waals surface area contributed by atoms with Crippen LogP contribution in [0.2, 0.25) is 0 Å². The quantitative estimate of drug-likeness (QED) is 0.649. The molecule has 0 spiro atoms. The van der Waals surface area contributed by atoms with Crippen LogP contribution < -0.4 is 14.8 Å². The van der Waals surface area contributed by atoms with Crippen molar-refractivity contribution < 1.29 is 19.1 Å². The van der Waals surface area contributed by atoms with Gasteiger partial charge in [0.15, 0.2) is 0 Å². The summed E-state index contributed by atoms with van der Waals surface area (Å²) in [6.45, 7) is 3.40. The fourth-order valence-corrected chi connectivity index (χ4v) is 5.55. The van der Waals surface area contributed by atoms with Crippen LogP contribution in [-0.4, -0.2) is 79.2 Å². The number of nitrogens with zero attached hydrogens (tertiary/aromatic N) is 3. The zero-order chi connectivity index (χ0) is 25.2. The van der Waals surface area contributed by atoms with Crippen LogP contribution in [0.1, 0.15) is 62.4 Å². The summed E-state index contributed by atoms with van der Waals surface area (Å²) < 4.78 is 13.2. The summed E-state index contributed by atoms with van der Waals surface area (Å²) in [5.41, 5.74) is 0.313. The Labute approximate surface area is 208 Å². The number of carbonyl (C=O) groups excluding carboxylic acids is 2. The van der Waals surface area contributed by atoms with Gasteiger partial charge in [0.25, 0.3) is 5.91 Å². The van der Waals surface area contributed by atoms with Crippen LogP contribution in [0.4, 0.5) is 0 Å². The number of ether oxygens (including phenoxy) is 2. The third kappa shape index (κ3) is 4.85. The molecular weight excluding hydrogens is 444 g/mol. The lowest BCUT2D eigenvalue weighted by Gasteiger charge is -2.45. The number of rotatable bonds is 7. The molecule has 0 saturated heterocycles. The molecule has 0 bridgehead atoms. The van der Waals surface area contributed by atoms with Crippen LogP contribution in [0.5, 0.6) is 11.5 Å². The summed E-state index contributed by atoms with van der Waals surface area (Å²) in [4.78, 5) is 31.7. The monoisotopic (exact) mass is 484 g/mol. The van der Waals surface area contributed by atoms with E-state index in [-0.39, 0.29) is 17.9 Å². The highest BCUT2D eigenvalue weighted by Crippen LogP contribution is 2.40. The molecule has 2 aliphatic rings. The van der Waals surface area contributed by atoms with Gasteiger partial charge in [-0.1, -0.05) is 32.1 Å². The van der Waals surface area contributed by atoms with Gasteiger partial charge in [0.2, 0.25) is 5.91 Å². The first-order chi connectivity index (χ1) is 16.8. The van der Waals surface area contributed by atoms with E-state index in [1.165, 1.54) is 19.3 Å². The van der Waals surface area contributed by atoms with E-state index in [1.54, 1.807) is 19.1 Å². The standard InChI is InChI=1S/C27H40N4O4/c1-27(26(33)28-19-11-9-7-6-8-10-12-19)18-30-21(25(32)31(27)16-15-29(2)3)17-20-22(34-4)13-14-23(35-5)24(20)30/h13-14,17,19H,6-12,15-16,18H2,1-5H3,(H,28,33)/t27-/m1/s1. The van der Waals surface area contributed by atoms with Crippen molar-refractivity contribution in [1.29, 1.82) is 0 Å². The van der Waals surface area contributed by atoms with Crippen LogP contribution in [0.25, 0.3) is 10.9 Å². The molecule has 4 rings (SSSR count). The third-order valence-electron chi connectivity index (χ3n) is 7.65. The Morgan fingerprint density at radius 1 is 1.09 bits per heavy atom. The number of likely N-dealkylation sites (N-methyl/N-ethyl adjacent to an activating group) is 1. The van der Waals surface area contributed by atoms with Crippen molar-refractivity contribution in [1.82, 2.24) is 19.7 Å². The zero-order valence-corrected chi connectivity index (χ0v) is 21.9. The lowest BCUT2D eigenvalue weighted by atomic mass is 9.92. The molecule has 2 amide bonds. The average Bonchev–Trinajstić information content (AvgIpc) is 3.19. The molecule has 1 aliphatic carbocycles. The molecule has 1 aliphatic heterocycles. The van der Waals surface area contributed by atoms with Crippen molar-refractivity contribution in [2.75, 3.05) is 41.4 Å². The summed E-state index contributed by atoms with van der Waals surface area (Å²) in [5, 5.41) is 4.15. The minimum Gasteiger partial charge on any atom is -0.496 e. The van der Waals surface area contributed by atoms with Gasteiger partial charge in [-0.15, -0.1) is 0 Å². The van der Waals surface area contributed by atoms with Crippen molar-refractivity contribution in [3.63, 3.8) is 0 Å². The number of hydrogen-bond donors (Lipinski definition) is 1. The average molecular weight is 485 g/mol. The third-order valence-corrected chi connectivity index (χ3v) is 7.65. The van der Waals surface area contributed by atoms with Gasteiger partial charge in [0, 0.05) is 24.5 Å². The second-order valence-corrected chi connectivity index (χ2v) is 10.4. The Morgan fingerprint density at radius 3 is 2.34 bits per heavy atom. The number of nitrogens with one attached hydrogen (secondary N) is 1. The SMILES string of the molecule is COc1ccc(OC)c2c1cc1n2C[C@](C)(C(=O)NC2CCCCCCC2)N(CCN(C)C)C1=O. The minimum atomic E-state index is -1.03. The van der Waals surface area contributed by atoms with Crippen LogP contribution in [0.15, 0.2) is 18.2 Å². The van der Waals surface area contributed by atoms with E-state index >= 15 is 0 Å². The largest absolute Gasteiger partial charge is 0.496 e. The van der Waals surface area contributed by atoms with Crippen molar-refractivity contribution in [3.05, 3.63) is 23.9 Å². The molecule has 35 heavy (non-hydrogen) atoms. The van der Waals surface area contributed by atoms with Crippen LogP contribution in [-0.2, 0) is 11.3 Å².